The maximum absolute atomic E-state index is 14.8. The van der Waals surface area contributed by atoms with Gasteiger partial charge in [0.25, 0.3) is 0 Å². The van der Waals surface area contributed by atoms with Gasteiger partial charge in [-0.15, -0.1) is 0 Å². The molecule has 0 saturated carbocycles. The molecule has 0 radical (unpaired) electrons. The van der Waals surface area contributed by atoms with Gasteiger partial charge in [-0.05, 0) is 66.4 Å². The summed E-state index contributed by atoms with van der Waals surface area (Å²) in [5, 5.41) is 2.97. The molecule has 3 aromatic rings. The number of halogens is 1. The number of rotatable bonds is 13. The highest BCUT2D eigenvalue weighted by Crippen LogP contribution is 2.38. The van der Waals surface area contributed by atoms with Gasteiger partial charge in [0.05, 0.1) is 48.3 Å². The number of allylic oxidation sites excluding steroid dienone is 1. The molecular weight excluding hydrogens is 493 g/mol. The zero-order valence-electron chi connectivity index (χ0n) is 22.3. The summed E-state index contributed by atoms with van der Waals surface area (Å²) >= 11 is 0. The van der Waals surface area contributed by atoms with Crippen molar-refractivity contribution in [1.29, 1.82) is 0 Å². The normalized spacial score (nSPS) is 10.7. The minimum Gasteiger partial charge on any atom is -0.493 e. The molecule has 0 amide bonds. The zero-order valence-corrected chi connectivity index (χ0v) is 22.3. The van der Waals surface area contributed by atoms with Crippen LogP contribution in [0.3, 0.4) is 0 Å². The quantitative estimate of drug-likeness (QED) is 0.232. The molecule has 0 fully saturated rings. The van der Waals surface area contributed by atoms with Crippen molar-refractivity contribution in [2.75, 3.05) is 48.0 Å². The van der Waals surface area contributed by atoms with E-state index in [4.69, 9.17) is 28.4 Å². The Morgan fingerprint density at radius 3 is 1.84 bits per heavy atom. The lowest BCUT2D eigenvalue weighted by Crippen LogP contribution is -2.02. The molecule has 0 heterocycles. The Morgan fingerprint density at radius 1 is 0.711 bits per heavy atom. The standard InChI is InChI=1S/C29H32FNO7/c1-33-24-10-9-20(17-25(24)34-2)23(32)11-12-31-22-14-18(13-21(30)28(22)37-5)7-8-19-15-26(35-3)29(38-6)27(16-19)36-4/h9-17,31H,7-8H2,1-6H3/b12-11-. The number of hydrogen-bond acceptors (Lipinski definition) is 8. The summed E-state index contributed by atoms with van der Waals surface area (Å²) in [4.78, 5) is 12.6. The number of methoxy groups -OCH3 is 6. The fourth-order valence-electron chi connectivity index (χ4n) is 3.97. The van der Waals surface area contributed by atoms with E-state index in [1.807, 2.05) is 12.1 Å². The van der Waals surface area contributed by atoms with Gasteiger partial charge in [-0.3, -0.25) is 4.79 Å². The molecular formula is C29H32FNO7. The minimum absolute atomic E-state index is 0.0461. The van der Waals surface area contributed by atoms with Gasteiger partial charge >= 0.3 is 0 Å². The average molecular weight is 526 g/mol. The van der Waals surface area contributed by atoms with Crippen molar-refractivity contribution in [3.05, 3.63) is 77.2 Å². The van der Waals surface area contributed by atoms with E-state index in [2.05, 4.69) is 5.32 Å². The van der Waals surface area contributed by atoms with Crippen LogP contribution in [-0.4, -0.2) is 48.4 Å². The number of ketones is 1. The van der Waals surface area contributed by atoms with E-state index in [1.54, 1.807) is 45.6 Å². The van der Waals surface area contributed by atoms with Gasteiger partial charge in [0.15, 0.2) is 40.3 Å². The molecule has 0 unspecified atom stereocenters. The van der Waals surface area contributed by atoms with Gasteiger partial charge in [0, 0.05) is 17.8 Å². The van der Waals surface area contributed by atoms with Crippen molar-refractivity contribution in [2.24, 2.45) is 0 Å². The Labute approximate surface area is 221 Å². The molecule has 0 bridgehead atoms. The van der Waals surface area contributed by atoms with E-state index in [0.29, 0.717) is 52.8 Å². The highest BCUT2D eigenvalue weighted by Gasteiger charge is 2.15. The monoisotopic (exact) mass is 525 g/mol. The average Bonchev–Trinajstić information content (AvgIpc) is 2.94. The Bertz CT molecular complexity index is 1280. The molecule has 0 spiro atoms. The second-order valence-electron chi connectivity index (χ2n) is 8.10. The number of benzene rings is 3. The second kappa shape index (κ2) is 13.2. The van der Waals surface area contributed by atoms with Gasteiger partial charge in [-0.1, -0.05) is 0 Å². The molecule has 0 aliphatic carbocycles. The van der Waals surface area contributed by atoms with Crippen LogP contribution in [0.25, 0.3) is 0 Å². The first-order valence-corrected chi connectivity index (χ1v) is 11.7. The molecule has 0 saturated heterocycles. The largest absolute Gasteiger partial charge is 0.493 e. The van der Waals surface area contributed by atoms with Crippen LogP contribution in [0.2, 0.25) is 0 Å². The summed E-state index contributed by atoms with van der Waals surface area (Å²) in [6.07, 6.45) is 3.92. The third-order valence-corrected chi connectivity index (χ3v) is 5.88. The van der Waals surface area contributed by atoms with Crippen LogP contribution in [0.5, 0.6) is 34.5 Å². The summed E-state index contributed by atoms with van der Waals surface area (Å²) in [6, 6.07) is 11.8. The van der Waals surface area contributed by atoms with Gasteiger partial charge < -0.3 is 33.7 Å². The number of carbonyl (C=O) groups is 1. The SMILES string of the molecule is COc1ccc(C(=O)/C=C\Nc2cc(CCc3cc(OC)c(OC)c(OC)c3)cc(F)c2OC)cc1OC. The highest BCUT2D eigenvalue weighted by molar-refractivity contribution is 6.05. The van der Waals surface area contributed by atoms with Crippen LogP contribution in [0, 0.1) is 5.82 Å². The van der Waals surface area contributed by atoms with Crippen LogP contribution in [-0.2, 0) is 12.8 Å². The summed E-state index contributed by atoms with van der Waals surface area (Å²) in [7, 11) is 9.07. The third-order valence-electron chi connectivity index (χ3n) is 5.88. The molecule has 0 aliphatic heterocycles. The van der Waals surface area contributed by atoms with Crippen molar-refractivity contribution < 1.29 is 37.6 Å². The number of carbonyl (C=O) groups excluding carboxylic acids is 1. The van der Waals surface area contributed by atoms with Gasteiger partial charge in [-0.2, -0.15) is 0 Å². The first kappa shape index (κ1) is 28.2. The number of hydrogen-bond donors (Lipinski definition) is 1. The van der Waals surface area contributed by atoms with Crippen molar-refractivity contribution in [2.45, 2.75) is 12.8 Å². The van der Waals surface area contributed by atoms with E-state index in [-0.39, 0.29) is 11.5 Å². The summed E-state index contributed by atoms with van der Waals surface area (Å²) < 4.78 is 46.8. The highest BCUT2D eigenvalue weighted by atomic mass is 19.1. The molecule has 9 heteroatoms. The topological polar surface area (TPSA) is 84.5 Å². The van der Waals surface area contributed by atoms with E-state index in [1.165, 1.54) is 39.7 Å². The molecule has 0 atom stereocenters. The van der Waals surface area contributed by atoms with E-state index < -0.39 is 5.82 Å². The van der Waals surface area contributed by atoms with Crippen LogP contribution in [0.4, 0.5) is 10.1 Å². The van der Waals surface area contributed by atoms with Crippen molar-refractivity contribution in [3.63, 3.8) is 0 Å². The number of aryl methyl sites for hydroxylation is 2. The lowest BCUT2D eigenvalue weighted by molar-refractivity contribution is 0.104. The number of anilines is 1. The van der Waals surface area contributed by atoms with E-state index >= 15 is 0 Å². The lowest BCUT2D eigenvalue weighted by atomic mass is 10.0. The lowest BCUT2D eigenvalue weighted by Gasteiger charge is -2.15. The molecule has 3 aromatic carbocycles. The smallest absolute Gasteiger partial charge is 0.203 e. The van der Waals surface area contributed by atoms with Crippen LogP contribution < -0.4 is 33.7 Å². The molecule has 1 N–H and O–H groups in total. The van der Waals surface area contributed by atoms with Gasteiger partial charge in [-0.25, -0.2) is 4.39 Å². The Hall–Kier alpha value is -4.40. The summed E-state index contributed by atoms with van der Waals surface area (Å²) in [6.45, 7) is 0. The zero-order chi connectivity index (χ0) is 27.7. The Morgan fingerprint density at radius 2 is 1.29 bits per heavy atom. The fourth-order valence-corrected chi connectivity index (χ4v) is 3.97. The molecule has 3 rings (SSSR count). The van der Waals surface area contributed by atoms with Crippen LogP contribution in [0.15, 0.2) is 54.7 Å². The van der Waals surface area contributed by atoms with Crippen LogP contribution >= 0.6 is 0 Å². The maximum atomic E-state index is 14.8. The predicted octanol–water partition coefficient (Wildman–Crippen LogP) is 5.47. The molecule has 0 aromatic heterocycles. The third kappa shape index (κ3) is 6.47. The molecule has 0 aliphatic rings. The fraction of sp³-hybridized carbons (Fsp3) is 0.276. The van der Waals surface area contributed by atoms with E-state index in [0.717, 1.165) is 11.1 Å². The van der Waals surface area contributed by atoms with Crippen molar-refractivity contribution in [1.82, 2.24) is 0 Å². The van der Waals surface area contributed by atoms with Gasteiger partial charge in [0.2, 0.25) is 5.75 Å². The first-order chi connectivity index (χ1) is 18.4. The summed E-state index contributed by atoms with van der Waals surface area (Å²) in [5.41, 5.74) is 2.48. The number of nitrogens with one attached hydrogen (secondary N) is 1. The molecule has 8 nitrogen and oxygen atoms in total. The molecule has 202 valence electrons. The first-order valence-electron chi connectivity index (χ1n) is 11.7. The predicted molar refractivity (Wildman–Crippen MR) is 143 cm³/mol. The number of ether oxygens (including phenoxy) is 6. The van der Waals surface area contributed by atoms with E-state index in [9.17, 15) is 9.18 Å². The summed E-state index contributed by atoms with van der Waals surface area (Å²) in [5.74, 6) is 1.84. The van der Waals surface area contributed by atoms with Crippen LogP contribution in [0.1, 0.15) is 21.5 Å². The van der Waals surface area contributed by atoms with Crippen molar-refractivity contribution >= 4 is 11.5 Å². The van der Waals surface area contributed by atoms with Crippen molar-refractivity contribution in [3.8, 4) is 34.5 Å². The van der Waals surface area contributed by atoms with Gasteiger partial charge in [0.1, 0.15) is 0 Å². The molecule has 38 heavy (non-hydrogen) atoms. The Balaban J connectivity index is 1.77. The minimum atomic E-state index is -0.517. The Kier molecular flexibility index (Phi) is 9.81. The maximum Gasteiger partial charge on any atom is 0.203 e. The second-order valence-corrected chi connectivity index (χ2v) is 8.10.